The van der Waals surface area contributed by atoms with E-state index in [1.54, 1.807) is 5.32 Å². The molecule has 21 heavy (non-hydrogen) atoms. The summed E-state index contributed by atoms with van der Waals surface area (Å²) >= 11 is 16.0. The van der Waals surface area contributed by atoms with Gasteiger partial charge in [0.15, 0.2) is 0 Å². The highest BCUT2D eigenvalue weighted by atomic mass is 35.6. The number of carbonyl (C=O) groups is 1. The third-order valence-corrected chi connectivity index (χ3v) is 3.01. The van der Waals surface area contributed by atoms with Crippen LogP contribution in [0.2, 0.25) is 0 Å². The number of aliphatic hydroxyl groups excluding tert-OH is 4. The number of rotatable bonds is 3. The number of halogens is 3. The van der Waals surface area contributed by atoms with Crippen molar-refractivity contribution in [2.45, 2.75) is 34.1 Å². The van der Waals surface area contributed by atoms with Crippen molar-refractivity contribution >= 4 is 40.9 Å². The predicted molar refractivity (Wildman–Crippen MR) is 69.7 cm³/mol. The fraction of sp³-hybridized carbons (Fsp3) is 0.889. The number of hydrogen-bond acceptors (Lipinski definition) is 8. The first-order chi connectivity index (χ1) is 9.51. The number of aliphatic hydroxyl groups is 5. The van der Waals surface area contributed by atoms with Gasteiger partial charge in [-0.2, -0.15) is 0 Å². The van der Waals surface area contributed by atoms with Gasteiger partial charge in [0.2, 0.25) is 15.8 Å². The molecule has 1 amide bonds. The van der Waals surface area contributed by atoms with Crippen LogP contribution in [0.5, 0.6) is 0 Å². The van der Waals surface area contributed by atoms with Crippen LogP contribution < -0.4 is 5.32 Å². The average molecular weight is 371 g/mol. The molecular weight excluding hydrogens is 356 g/mol. The molecule has 1 heterocycles. The monoisotopic (exact) mass is 369 g/mol. The van der Waals surface area contributed by atoms with Crippen LogP contribution in [-0.2, 0) is 9.47 Å². The number of nitrogens with one attached hydrogen (secondary N) is 1. The Labute approximate surface area is 133 Å². The molecule has 124 valence electrons. The molecule has 0 aromatic rings. The van der Waals surface area contributed by atoms with Gasteiger partial charge < -0.3 is 35.0 Å². The SMILES string of the molecule is O=C(N[C@]1(O)[C@@H](O)O[C@H](CO)[C@@H](O)[C@@H]1O)OCC(Cl)(Cl)Cl. The van der Waals surface area contributed by atoms with Crippen LogP contribution in [0.15, 0.2) is 0 Å². The fourth-order valence-corrected chi connectivity index (χ4v) is 1.76. The van der Waals surface area contributed by atoms with Crippen LogP contribution in [0.1, 0.15) is 0 Å². The normalized spacial score (nSPS) is 37.1. The summed E-state index contributed by atoms with van der Waals surface area (Å²) in [6, 6.07) is 0. The highest BCUT2D eigenvalue weighted by molar-refractivity contribution is 6.67. The maximum Gasteiger partial charge on any atom is 0.409 e. The van der Waals surface area contributed by atoms with E-state index in [1.807, 2.05) is 0 Å². The lowest BCUT2D eigenvalue weighted by molar-refractivity contribution is -0.335. The first kappa shape index (κ1) is 18.9. The van der Waals surface area contributed by atoms with Crippen molar-refractivity contribution in [2.24, 2.45) is 0 Å². The molecule has 0 aliphatic carbocycles. The Morgan fingerprint density at radius 1 is 1.33 bits per heavy atom. The minimum atomic E-state index is -2.78. The van der Waals surface area contributed by atoms with Crippen molar-refractivity contribution in [1.29, 1.82) is 0 Å². The fourth-order valence-electron chi connectivity index (χ4n) is 1.59. The Bertz CT molecular complexity index is 380. The molecule has 0 aromatic heterocycles. The summed E-state index contributed by atoms with van der Waals surface area (Å²) in [7, 11) is 0. The highest BCUT2D eigenvalue weighted by Gasteiger charge is 2.55. The molecule has 0 bridgehead atoms. The largest absolute Gasteiger partial charge is 0.445 e. The average Bonchev–Trinajstić information content (AvgIpc) is 2.38. The van der Waals surface area contributed by atoms with Gasteiger partial charge in [-0.05, 0) is 0 Å². The van der Waals surface area contributed by atoms with Crippen molar-refractivity contribution in [3.63, 3.8) is 0 Å². The second-order valence-corrected chi connectivity index (χ2v) is 6.80. The van der Waals surface area contributed by atoms with E-state index in [4.69, 9.17) is 39.9 Å². The van der Waals surface area contributed by atoms with E-state index in [2.05, 4.69) is 9.47 Å². The molecule has 1 saturated heterocycles. The Morgan fingerprint density at radius 2 is 1.90 bits per heavy atom. The maximum absolute atomic E-state index is 11.4. The second-order valence-electron chi connectivity index (χ2n) is 4.29. The Balaban J connectivity index is 2.73. The molecule has 0 radical (unpaired) electrons. The summed E-state index contributed by atoms with van der Waals surface area (Å²) in [5.74, 6) is 0. The van der Waals surface area contributed by atoms with E-state index in [0.29, 0.717) is 0 Å². The molecule has 6 N–H and O–H groups in total. The first-order valence-electron chi connectivity index (χ1n) is 5.56. The number of carbonyl (C=O) groups excluding carboxylic acids is 1. The Morgan fingerprint density at radius 3 is 2.38 bits per heavy atom. The van der Waals surface area contributed by atoms with Gasteiger partial charge >= 0.3 is 6.09 Å². The smallest absolute Gasteiger partial charge is 0.409 e. The summed E-state index contributed by atoms with van der Waals surface area (Å²) < 4.78 is 7.22. The van der Waals surface area contributed by atoms with E-state index in [-0.39, 0.29) is 0 Å². The minimum Gasteiger partial charge on any atom is -0.445 e. The second kappa shape index (κ2) is 6.99. The molecule has 1 fully saturated rings. The molecule has 9 nitrogen and oxygen atoms in total. The summed E-state index contributed by atoms with van der Waals surface area (Å²) in [5, 5.41) is 49.5. The van der Waals surface area contributed by atoms with Gasteiger partial charge in [0.1, 0.15) is 24.9 Å². The topological polar surface area (TPSA) is 149 Å². The van der Waals surface area contributed by atoms with Crippen molar-refractivity contribution in [2.75, 3.05) is 13.2 Å². The van der Waals surface area contributed by atoms with Gasteiger partial charge in [-0.3, -0.25) is 5.32 Å². The maximum atomic E-state index is 11.4. The summed E-state index contributed by atoms with van der Waals surface area (Å²) in [6.07, 6.45) is -8.70. The van der Waals surface area contributed by atoms with Crippen molar-refractivity contribution in [1.82, 2.24) is 5.32 Å². The van der Waals surface area contributed by atoms with E-state index in [9.17, 15) is 25.2 Å². The van der Waals surface area contributed by atoms with Crippen LogP contribution >= 0.6 is 34.8 Å². The van der Waals surface area contributed by atoms with Crippen molar-refractivity contribution < 1.29 is 39.8 Å². The molecule has 0 unspecified atom stereocenters. The quantitative estimate of drug-likeness (QED) is 0.252. The third-order valence-electron chi connectivity index (χ3n) is 2.68. The first-order valence-corrected chi connectivity index (χ1v) is 6.69. The lowest BCUT2D eigenvalue weighted by Crippen LogP contribution is -2.73. The third kappa shape index (κ3) is 4.68. The van der Waals surface area contributed by atoms with Gasteiger partial charge in [-0.1, -0.05) is 34.8 Å². The highest BCUT2D eigenvalue weighted by Crippen LogP contribution is 2.28. The zero-order valence-corrected chi connectivity index (χ0v) is 12.6. The number of ether oxygens (including phenoxy) is 2. The van der Waals surface area contributed by atoms with Gasteiger partial charge in [0, 0.05) is 0 Å². The standard InChI is InChI=1S/C9H14Cl3NO8/c10-8(11,12)2-20-7(18)13-9(19)5(16)4(15)3(1-14)21-6(9)17/h3-6,14-17,19H,1-2H2,(H,13,18)/t3-,4-,5+,6+,9-/m1/s1. The minimum absolute atomic E-state index is 0.672. The molecule has 1 rings (SSSR count). The molecule has 0 spiro atoms. The summed E-state index contributed by atoms with van der Waals surface area (Å²) in [5.41, 5.74) is -2.78. The number of amides is 1. The Hall–Kier alpha value is -0.100. The van der Waals surface area contributed by atoms with E-state index >= 15 is 0 Å². The van der Waals surface area contributed by atoms with Crippen LogP contribution in [0.25, 0.3) is 0 Å². The van der Waals surface area contributed by atoms with Crippen LogP contribution in [-0.4, -0.2) is 79.0 Å². The van der Waals surface area contributed by atoms with Crippen LogP contribution in [0, 0.1) is 0 Å². The van der Waals surface area contributed by atoms with E-state index in [1.165, 1.54) is 0 Å². The number of hydrogen-bond donors (Lipinski definition) is 6. The summed E-state index contributed by atoms with van der Waals surface area (Å²) in [4.78, 5) is 11.4. The number of alkyl carbamates (subject to hydrolysis) is 1. The van der Waals surface area contributed by atoms with Crippen molar-refractivity contribution in [3.05, 3.63) is 0 Å². The molecule has 0 saturated carbocycles. The molecule has 1 aliphatic rings. The molecule has 1 aliphatic heterocycles. The van der Waals surface area contributed by atoms with E-state index < -0.39 is 53.4 Å². The number of alkyl halides is 3. The Kier molecular flexibility index (Phi) is 6.30. The van der Waals surface area contributed by atoms with Gasteiger partial charge in [-0.25, -0.2) is 4.79 Å². The zero-order chi connectivity index (χ0) is 16.4. The van der Waals surface area contributed by atoms with E-state index in [0.717, 1.165) is 0 Å². The zero-order valence-electron chi connectivity index (χ0n) is 10.3. The van der Waals surface area contributed by atoms with Crippen molar-refractivity contribution in [3.8, 4) is 0 Å². The van der Waals surface area contributed by atoms with Gasteiger partial charge in [0.05, 0.1) is 6.61 Å². The van der Waals surface area contributed by atoms with Gasteiger partial charge in [0.25, 0.3) is 0 Å². The predicted octanol–water partition coefficient (Wildman–Crippen LogP) is -1.80. The van der Waals surface area contributed by atoms with Gasteiger partial charge in [-0.15, -0.1) is 0 Å². The lowest BCUT2D eigenvalue weighted by Gasteiger charge is -2.45. The summed E-state index contributed by atoms with van der Waals surface area (Å²) in [6.45, 7) is -1.41. The molecule has 5 atom stereocenters. The molecule has 12 heteroatoms. The van der Waals surface area contributed by atoms with Crippen LogP contribution in [0.4, 0.5) is 4.79 Å². The van der Waals surface area contributed by atoms with Crippen LogP contribution in [0.3, 0.4) is 0 Å². The lowest BCUT2D eigenvalue weighted by atomic mass is 9.93. The molecular formula is C9H14Cl3NO8. The molecule has 0 aromatic carbocycles.